The summed E-state index contributed by atoms with van der Waals surface area (Å²) in [6.45, 7) is 9.97. The highest BCUT2D eigenvalue weighted by Crippen LogP contribution is 2.42. The monoisotopic (exact) mass is 554 g/mol. The molecule has 0 radical (unpaired) electrons. The van der Waals surface area contributed by atoms with Crippen LogP contribution >= 0.6 is 0 Å². The van der Waals surface area contributed by atoms with Gasteiger partial charge >= 0.3 is 23.9 Å². The van der Waals surface area contributed by atoms with Gasteiger partial charge in [0, 0.05) is 6.92 Å². The summed E-state index contributed by atoms with van der Waals surface area (Å²) in [5.41, 5.74) is -1.49. The van der Waals surface area contributed by atoms with E-state index in [1.807, 2.05) is 62.4 Å². The molecule has 0 saturated carbocycles. The first-order chi connectivity index (χ1) is 18.8. The molecule has 0 amide bonds. The average Bonchev–Trinajstić information content (AvgIpc) is 2.89. The molecular formula is C32H42O8. The summed E-state index contributed by atoms with van der Waals surface area (Å²) in [5.74, 6) is -4.22. The molecule has 0 aliphatic heterocycles. The minimum atomic E-state index is -2.03. The smallest absolute Gasteiger partial charge is 0.324 e. The summed E-state index contributed by atoms with van der Waals surface area (Å²) in [4.78, 5) is 53.3. The number of carbonyl (C=O) groups is 4. The van der Waals surface area contributed by atoms with Crippen molar-refractivity contribution in [1.29, 1.82) is 0 Å². The third-order valence-electron chi connectivity index (χ3n) is 6.17. The molecular weight excluding hydrogens is 512 g/mol. The minimum absolute atomic E-state index is 0.0226. The Hall–Kier alpha value is -3.68. The Bertz CT molecular complexity index is 1100. The largest absolute Gasteiger partial charge is 0.466 e. The van der Waals surface area contributed by atoms with Crippen molar-refractivity contribution in [2.45, 2.75) is 79.6 Å². The van der Waals surface area contributed by atoms with Gasteiger partial charge in [-0.15, -0.1) is 0 Å². The van der Waals surface area contributed by atoms with Gasteiger partial charge in [0.2, 0.25) is 0 Å². The average molecular weight is 555 g/mol. The molecule has 2 rings (SSSR count). The predicted molar refractivity (Wildman–Crippen MR) is 150 cm³/mol. The third kappa shape index (κ3) is 10.1. The van der Waals surface area contributed by atoms with Crippen molar-refractivity contribution in [3.8, 4) is 0 Å². The third-order valence-corrected chi connectivity index (χ3v) is 6.17. The van der Waals surface area contributed by atoms with E-state index in [9.17, 15) is 19.2 Å². The van der Waals surface area contributed by atoms with Gasteiger partial charge in [-0.25, -0.2) is 0 Å². The van der Waals surface area contributed by atoms with Gasteiger partial charge in [-0.2, -0.15) is 0 Å². The normalized spacial score (nSPS) is 13.6. The molecule has 218 valence electrons. The van der Waals surface area contributed by atoms with Crippen LogP contribution in [0.15, 0.2) is 60.7 Å². The van der Waals surface area contributed by atoms with Crippen molar-refractivity contribution in [3.63, 3.8) is 0 Å². The topological polar surface area (TPSA) is 105 Å². The summed E-state index contributed by atoms with van der Waals surface area (Å²) in [7, 11) is 0. The predicted octanol–water partition coefficient (Wildman–Crippen LogP) is 5.81. The maximum Gasteiger partial charge on any atom is 0.324 e. The van der Waals surface area contributed by atoms with E-state index in [2.05, 4.69) is 0 Å². The fraction of sp³-hybridized carbons (Fsp3) is 0.500. The van der Waals surface area contributed by atoms with Crippen molar-refractivity contribution in [2.24, 2.45) is 17.3 Å². The Balaban J connectivity index is 2.54. The zero-order valence-electron chi connectivity index (χ0n) is 24.4. The lowest BCUT2D eigenvalue weighted by Gasteiger charge is -2.38. The van der Waals surface area contributed by atoms with Crippen LogP contribution < -0.4 is 0 Å². The Morgan fingerprint density at radius 3 is 1.75 bits per heavy atom. The zero-order chi connectivity index (χ0) is 29.8. The van der Waals surface area contributed by atoms with Crippen LogP contribution in [0.4, 0.5) is 0 Å². The quantitative estimate of drug-likeness (QED) is 0.125. The van der Waals surface area contributed by atoms with E-state index >= 15 is 0 Å². The first kappa shape index (κ1) is 32.5. The highest BCUT2D eigenvalue weighted by Gasteiger charge is 2.58. The highest BCUT2D eigenvalue weighted by molar-refractivity contribution is 6.04. The van der Waals surface area contributed by atoms with Crippen LogP contribution in [0, 0.1) is 17.3 Å². The molecule has 40 heavy (non-hydrogen) atoms. The second kappa shape index (κ2) is 15.2. The molecule has 0 bridgehead atoms. The molecule has 0 saturated heterocycles. The van der Waals surface area contributed by atoms with Gasteiger partial charge in [0.1, 0.15) is 18.8 Å². The van der Waals surface area contributed by atoms with Crippen LogP contribution in [0.3, 0.4) is 0 Å². The van der Waals surface area contributed by atoms with Crippen molar-refractivity contribution in [3.05, 3.63) is 71.8 Å². The first-order valence-electron chi connectivity index (χ1n) is 13.6. The lowest BCUT2D eigenvalue weighted by Crippen LogP contribution is -2.53. The van der Waals surface area contributed by atoms with Gasteiger partial charge in [0.15, 0.2) is 5.41 Å². The van der Waals surface area contributed by atoms with Gasteiger partial charge in [-0.3, -0.25) is 19.2 Å². The molecule has 2 aromatic rings. The summed E-state index contributed by atoms with van der Waals surface area (Å²) in [5, 5.41) is 0. The summed E-state index contributed by atoms with van der Waals surface area (Å²) in [6, 6.07) is 18.2. The molecule has 0 aliphatic carbocycles. The van der Waals surface area contributed by atoms with Gasteiger partial charge in [-0.1, -0.05) is 74.5 Å². The number of benzene rings is 2. The van der Waals surface area contributed by atoms with Crippen LogP contribution in [0.2, 0.25) is 0 Å². The Morgan fingerprint density at radius 2 is 1.27 bits per heavy atom. The Labute approximate surface area is 237 Å². The van der Waals surface area contributed by atoms with E-state index in [1.54, 1.807) is 32.9 Å². The summed E-state index contributed by atoms with van der Waals surface area (Å²) in [6.07, 6.45) is 0.154. The van der Waals surface area contributed by atoms with Crippen LogP contribution in [0.1, 0.15) is 71.9 Å². The van der Waals surface area contributed by atoms with E-state index in [0.29, 0.717) is 0 Å². The van der Waals surface area contributed by atoms with E-state index in [1.165, 1.54) is 6.92 Å². The van der Waals surface area contributed by atoms with Crippen LogP contribution in [-0.2, 0) is 51.3 Å². The number of hydrogen-bond donors (Lipinski definition) is 0. The fourth-order valence-corrected chi connectivity index (χ4v) is 4.33. The number of esters is 4. The minimum Gasteiger partial charge on any atom is -0.466 e. The lowest BCUT2D eigenvalue weighted by atomic mass is 9.68. The summed E-state index contributed by atoms with van der Waals surface area (Å²) < 4.78 is 22.3. The van der Waals surface area contributed by atoms with E-state index in [-0.39, 0.29) is 45.0 Å². The SMILES string of the molecule is CC(=O)OCCCC(C(=O)OCc1ccccc1)(C(=O)OC(C)(C)C)[C@@H](CC(C)C)C(=O)OCc1ccccc1. The fourth-order valence-electron chi connectivity index (χ4n) is 4.33. The second-order valence-corrected chi connectivity index (χ2v) is 11.3. The molecule has 8 nitrogen and oxygen atoms in total. The molecule has 0 aliphatic rings. The number of ether oxygens (including phenoxy) is 4. The number of rotatable bonds is 14. The van der Waals surface area contributed by atoms with E-state index < -0.39 is 40.8 Å². The van der Waals surface area contributed by atoms with Gasteiger partial charge in [-0.05, 0) is 57.1 Å². The maximum atomic E-state index is 14.1. The molecule has 8 heteroatoms. The van der Waals surface area contributed by atoms with Gasteiger partial charge in [0.05, 0.1) is 12.5 Å². The van der Waals surface area contributed by atoms with E-state index in [0.717, 1.165) is 11.1 Å². The summed E-state index contributed by atoms with van der Waals surface area (Å²) >= 11 is 0. The Kier molecular flexibility index (Phi) is 12.4. The first-order valence-corrected chi connectivity index (χ1v) is 13.6. The van der Waals surface area contributed by atoms with Gasteiger partial charge in [0.25, 0.3) is 0 Å². The van der Waals surface area contributed by atoms with Crippen LogP contribution in [-0.4, -0.2) is 36.1 Å². The molecule has 0 fully saturated rings. The molecule has 0 spiro atoms. The number of carbonyl (C=O) groups excluding carboxylic acids is 4. The van der Waals surface area contributed by atoms with Crippen LogP contribution in [0.25, 0.3) is 0 Å². The number of hydrogen-bond acceptors (Lipinski definition) is 8. The zero-order valence-corrected chi connectivity index (χ0v) is 24.4. The van der Waals surface area contributed by atoms with Crippen molar-refractivity contribution < 1.29 is 38.1 Å². The molecule has 1 unspecified atom stereocenters. The molecule has 2 atom stereocenters. The van der Waals surface area contributed by atoms with Crippen molar-refractivity contribution in [2.75, 3.05) is 6.61 Å². The molecule has 2 aromatic carbocycles. The van der Waals surface area contributed by atoms with Crippen molar-refractivity contribution >= 4 is 23.9 Å². The molecule has 0 N–H and O–H groups in total. The highest BCUT2D eigenvalue weighted by atomic mass is 16.6. The van der Waals surface area contributed by atoms with Gasteiger partial charge < -0.3 is 18.9 Å². The molecule has 0 aromatic heterocycles. The van der Waals surface area contributed by atoms with Crippen LogP contribution in [0.5, 0.6) is 0 Å². The second-order valence-electron chi connectivity index (χ2n) is 11.3. The van der Waals surface area contributed by atoms with Crippen molar-refractivity contribution in [1.82, 2.24) is 0 Å². The maximum absolute atomic E-state index is 14.1. The van der Waals surface area contributed by atoms with E-state index in [4.69, 9.17) is 18.9 Å². The molecule has 0 heterocycles. The standard InChI is InChI=1S/C32H42O8/c1-23(2)20-27(28(34)38-21-25-14-9-7-10-15-25)32(18-13-19-37-24(3)33,30(36)40-31(4,5)6)29(35)39-22-26-16-11-8-12-17-26/h7-12,14-17,23,27H,13,18-22H2,1-6H3/t27-,32?/m0/s1. The lowest BCUT2D eigenvalue weighted by molar-refractivity contribution is -0.193. The Morgan fingerprint density at radius 1 is 0.750 bits per heavy atom.